The number of carboxylic acid groups (broad SMARTS) is 2. The Balaban J connectivity index is 0.000000254. The van der Waals surface area contributed by atoms with Gasteiger partial charge >= 0.3 is 11.9 Å². The molecule has 0 saturated carbocycles. The summed E-state index contributed by atoms with van der Waals surface area (Å²) in [6.07, 6.45) is 6.55. The maximum Gasteiger partial charge on any atom is 0.414 e. The summed E-state index contributed by atoms with van der Waals surface area (Å²) in [6, 6.07) is 4.87. The molecular formula is C15H21N3O4. The van der Waals surface area contributed by atoms with Crippen molar-refractivity contribution >= 4 is 17.6 Å². The number of aliphatic carboxylic acids is 2. The predicted molar refractivity (Wildman–Crippen MR) is 80.9 cm³/mol. The van der Waals surface area contributed by atoms with E-state index in [9.17, 15) is 0 Å². The fourth-order valence-corrected chi connectivity index (χ4v) is 3.13. The largest absolute Gasteiger partial charge is 0.473 e. The van der Waals surface area contributed by atoms with Gasteiger partial charge in [0.1, 0.15) is 0 Å². The Morgan fingerprint density at radius 1 is 1.27 bits per heavy atom. The first kappa shape index (κ1) is 16.2. The molecule has 3 fully saturated rings. The van der Waals surface area contributed by atoms with Crippen molar-refractivity contribution in [2.75, 3.05) is 31.6 Å². The lowest BCUT2D eigenvalue weighted by Crippen LogP contribution is -2.56. The molecule has 1 unspecified atom stereocenters. The Kier molecular flexibility index (Phi) is 5.32. The highest BCUT2D eigenvalue weighted by Crippen LogP contribution is 2.32. The second-order valence-electron chi connectivity index (χ2n) is 5.64. The Morgan fingerprint density at radius 2 is 1.91 bits per heavy atom. The number of hydrogen-bond donors (Lipinski definition) is 2. The molecular weight excluding hydrogens is 286 g/mol. The van der Waals surface area contributed by atoms with E-state index in [0.29, 0.717) is 6.04 Å². The van der Waals surface area contributed by atoms with Crippen molar-refractivity contribution in [1.29, 1.82) is 0 Å². The van der Waals surface area contributed by atoms with E-state index in [1.165, 1.54) is 38.2 Å². The normalized spacial score (nSPS) is 25.8. The van der Waals surface area contributed by atoms with Gasteiger partial charge in [0.2, 0.25) is 0 Å². The number of carbonyl (C=O) groups is 2. The van der Waals surface area contributed by atoms with Gasteiger partial charge in [0.25, 0.3) is 0 Å². The van der Waals surface area contributed by atoms with Gasteiger partial charge in [-0.2, -0.15) is 0 Å². The van der Waals surface area contributed by atoms with Crippen LogP contribution in [0.2, 0.25) is 0 Å². The molecule has 2 N–H and O–H groups in total. The van der Waals surface area contributed by atoms with Crippen LogP contribution in [0.5, 0.6) is 0 Å². The van der Waals surface area contributed by atoms with Crippen LogP contribution in [0.15, 0.2) is 24.5 Å². The number of piperidine rings is 3. The summed E-state index contributed by atoms with van der Waals surface area (Å²) in [6.45, 7) is 3.85. The van der Waals surface area contributed by atoms with Crippen LogP contribution < -0.4 is 4.90 Å². The quantitative estimate of drug-likeness (QED) is 0.779. The molecule has 0 aromatic carbocycles. The minimum Gasteiger partial charge on any atom is -0.473 e. The van der Waals surface area contributed by atoms with Gasteiger partial charge in [-0.3, -0.25) is 4.98 Å². The third kappa shape index (κ3) is 3.94. The molecule has 3 saturated heterocycles. The Labute approximate surface area is 129 Å². The van der Waals surface area contributed by atoms with Gasteiger partial charge in [-0.15, -0.1) is 0 Å². The average molecular weight is 307 g/mol. The molecule has 1 atom stereocenters. The van der Waals surface area contributed by atoms with E-state index < -0.39 is 11.9 Å². The molecule has 0 radical (unpaired) electrons. The Hall–Kier alpha value is -2.15. The van der Waals surface area contributed by atoms with Crippen molar-refractivity contribution in [3.8, 4) is 0 Å². The molecule has 0 spiro atoms. The van der Waals surface area contributed by atoms with E-state index in [-0.39, 0.29) is 0 Å². The van der Waals surface area contributed by atoms with Gasteiger partial charge < -0.3 is 20.0 Å². The number of likely N-dealkylation sites (N-methyl/N-ethyl adjacent to an activating group) is 1. The molecule has 7 nitrogen and oxygen atoms in total. The minimum atomic E-state index is -1.82. The Bertz CT molecular complexity index is 503. The third-order valence-electron chi connectivity index (χ3n) is 4.36. The maximum atomic E-state index is 9.10. The van der Waals surface area contributed by atoms with Gasteiger partial charge in [0, 0.05) is 25.8 Å². The van der Waals surface area contributed by atoms with Crippen LogP contribution in [0.4, 0.5) is 5.69 Å². The fourth-order valence-electron chi connectivity index (χ4n) is 3.13. The van der Waals surface area contributed by atoms with E-state index in [1.54, 1.807) is 0 Å². The van der Waals surface area contributed by atoms with Crippen molar-refractivity contribution in [1.82, 2.24) is 9.88 Å². The summed E-state index contributed by atoms with van der Waals surface area (Å²) in [7, 11) is 2.21. The molecule has 4 heterocycles. The highest BCUT2D eigenvalue weighted by atomic mass is 16.4. The summed E-state index contributed by atoms with van der Waals surface area (Å²) in [5, 5.41) is 14.8. The highest BCUT2D eigenvalue weighted by molar-refractivity contribution is 6.27. The lowest BCUT2D eigenvalue weighted by Gasteiger charge is -2.48. The SMILES string of the molecule is CN(c1cccnc1)C1CN2CCC1CC2.O=C(O)C(=O)O. The predicted octanol–water partition coefficient (Wildman–Crippen LogP) is 0.768. The zero-order valence-electron chi connectivity index (χ0n) is 12.6. The second-order valence-corrected chi connectivity index (χ2v) is 5.64. The molecule has 0 aliphatic carbocycles. The minimum absolute atomic E-state index is 0.687. The zero-order valence-corrected chi connectivity index (χ0v) is 12.6. The van der Waals surface area contributed by atoms with Crippen molar-refractivity contribution < 1.29 is 19.8 Å². The first-order valence-electron chi connectivity index (χ1n) is 7.30. The highest BCUT2D eigenvalue weighted by Gasteiger charge is 2.36. The number of hydrogen-bond acceptors (Lipinski definition) is 5. The summed E-state index contributed by atoms with van der Waals surface area (Å²) in [4.78, 5) is 27.4. The molecule has 3 aliphatic rings. The lowest BCUT2D eigenvalue weighted by molar-refractivity contribution is -0.159. The second kappa shape index (κ2) is 7.22. The molecule has 4 rings (SSSR count). The van der Waals surface area contributed by atoms with Gasteiger partial charge in [0.05, 0.1) is 11.9 Å². The number of fused-ring (bicyclic) bond motifs is 3. The van der Waals surface area contributed by atoms with Crippen LogP contribution in [0, 0.1) is 5.92 Å². The lowest BCUT2D eigenvalue weighted by atomic mass is 9.83. The summed E-state index contributed by atoms with van der Waals surface area (Å²) >= 11 is 0. The Morgan fingerprint density at radius 3 is 2.32 bits per heavy atom. The van der Waals surface area contributed by atoms with Crippen LogP contribution in [0.3, 0.4) is 0 Å². The standard InChI is InChI=1S/C13H19N3.C2H2O4/c1-15(12-3-2-6-14-9-12)13-10-16-7-4-11(13)5-8-16;3-1(4)2(5)6/h2-3,6,9,11,13H,4-5,7-8,10H2,1H3;(H,3,4)(H,5,6). The molecule has 1 aromatic rings. The van der Waals surface area contributed by atoms with Gasteiger partial charge in [-0.05, 0) is 44.0 Å². The summed E-state index contributed by atoms with van der Waals surface area (Å²) in [5.41, 5.74) is 1.25. The van der Waals surface area contributed by atoms with Crippen LogP contribution in [0.25, 0.3) is 0 Å². The molecule has 7 heteroatoms. The van der Waals surface area contributed by atoms with Crippen LogP contribution in [0.1, 0.15) is 12.8 Å². The number of aromatic nitrogens is 1. The van der Waals surface area contributed by atoms with Gasteiger partial charge in [-0.25, -0.2) is 9.59 Å². The molecule has 120 valence electrons. The topological polar surface area (TPSA) is 94.0 Å². The van der Waals surface area contributed by atoms with E-state index in [2.05, 4.69) is 27.9 Å². The monoisotopic (exact) mass is 307 g/mol. The molecule has 22 heavy (non-hydrogen) atoms. The zero-order chi connectivity index (χ0) is 16.1. The number of nitrogens with zero attached hydrogens (tertiary/aromatic N) is 3. The smallest absolute Gasteiger partial charge is 0.414 e. The molecule has 2 bridgehead atoms. The third-order valence-corrected chi connectivity index (χ3v) is 4.36. The number of carboxylic acids is 2. The van der Waals surface area contributed by atoms with Crippen LogP contribution >= 0.6 is 0 Å². The van der Waals surface area contributed by atoms with E-state index in [1.807, 2.05) is 18.5 Å². The molecule has 0 amide bonds. The van der Waals surface area contributed by atoms with E-state index in [4.69, 9.17) is 19.8 Å². The van der Waals surface area contributed by atoms with Crippen molar-refractivity contribution in [2.45, 2.75) is 18.9 Å². The maximum absolute atomic E-state index is 9.10. The van der Waals surface area contributed by atoms with E-state index >= 15 is 0 Å². The number of anilines is 1. The summed E-state index contributed by atoms with van der Waals surface area (Å²) < 4.78 is 0. The van der Waals surface area contributed by atoms with Crippen LogP contribution in [-0.2, 0) is 9.59 Å². The molecule has 3 aliphatic heterocycles. The van der Waals surface area contributed by atoms with Gasteiger partial charge in [-0.1, -0.05) is 0 Å². The molecule has 1 aromatic heterocycles. The van der Waals surface area contributed by atoms with Gasteiger partial charge in [0.15, 0.2) is 0 Å². The number of rotatable bonds is 2. The van der Waals surface area contributed by atoms with Crippen LogP contribution in [-0.4, -0.2) is 64.8 Å². The van der Waals surface area contributed by atoms with Crippen molar-refractivity contribution in [3.63, 3.8) is 0 Å². The van der Waals surface area contributed by atoms with Crippen molar-refractivity contribution in [2.24, 2.45) is 5.92 Å². The van der Waals surface area contributed by atoms with Crippen molar-refractivity contribution in [3.05, 3.63) is 24.5 Å². The first-order valence-corrected chi connectivity index (χ1v) is 7.30. The average Bonchev–Trinajstić information content (AvgIpc) is 2.56. The fraction of sp³-hybridized carbons (Fsp3) is 0.533. The number of pyridine rings is 1. The first-order chi connectivity index (χ1) is 10.5. The van der Waals surface area contributed by atoms with E-state index in [0.717, 1.165) is 5.92 Å². The summed E-state index contributed by atoms with van der Waals surface area (Å²) in [5.74, 6) is -2.76.